The van der Waals surface area contributed by atoms with Gasteiger partial charge in [-0.2, -0.15) is 5.26 Å². The van der Waals surface area contributed by atoms with Gasteiger partial charge in [-0.25, -0.2) is 9.37 Å². The van der Waals surface area contributed by atoms with Gasteiger partial charge in [-0.3, -0.25) is 9.59 Å². The zero-order chi connectivity index (χ0) is 26.7. The first kappa shape index (κ1) is 25.2. The second kappa shape index (κ2) is 10.5. The lowest BCUT2D eigenvalue weighted by molar-refractivity contribution is 0.0421. The second-order valence-corrected chi connectivity index (χ2v) is 9.56. The Morgan fingerprint density at radius 3 is 2.32 bits per heavy atom. The lowest BCUT2D eigenvalue weighted by Crippen LogP contribution is -2.43. The molecule has 38 heavy (non-hydrogen) atoms. The van der Waals surface area contributed by atoms with Gasteiger partial charge in [0, 0.05) is 50.8 Å². The largest absolute Gasteiger partial charge is 0.495 e. The first-order valence-corrected chi connectivity index (χ1v) is 12.6. The second-order valence-electron chi connectivity index (χ2n) is 9.56. The predicted octanol–water partition coefficient (Wildman–Crippen LogP) is 4.53. The Bertz CT molecular complexity index is 1370. The molecule has 2 aliphatic rings. The number of benzene rings is 2. The van der Waals surface area contributed by atoms with Gasteiger partial charge in [-0.15, -0.1) is 0 Å². The van der Waals surface area contributed by atoms with Gasteiger partial charge in [0.25, 0.3) is 11.8 Å². The summed E-state index contributed by atoms with van der Waals surface area (Å²) in [5.74, 6) is 0.655. The molecule has 2 saturated heterocycles. The first-order chi connectivity index (χ1) is 18.4. The Morgan fingerprint density at radius 1 is 1.03 bits per heavy atom. The number of methoxy groups -OCH3 is 1. The fourth-order valence-corrected chi connectivity index (χ4v) is 4.76. The molecule has 2 aromatic carbocycles. The number of carbonyl (C=O) groups is 2. The molecule has 0 unspecified atom stereocenters. The van der Waals surface area contributed by atoms with E-state index in [-0.39, 0.29) is 37.7 Å². The van der Waals surface area contributed by atoms with Gasteiger partial charge in [0.05, 0.1) is 30.0 Å². The highest BCUT2D eigenvalue weighted by molar-refractivity contribution is 6.06. The fraction of sp³-hybridized carbons (Fsp3) is 0.310. The van der Waals surface area contributed by atoms with Gasteiger partial charge >= 0.3 is 0 Å². The molecule has 8 nitrogen and oxygen atoms in total. The highest BCUT2D eigenvalue weighted by Gasteiger charge is 2.37. The van der Waals surface area contributed by atoms with Gasteiger partial charge in [0.2, 0.25) is 0 Å². The molecular weight excluding hydrogens is 485 g/mol. The molecule has 194 valence electrons. The molecule has 0 saturated carbocycles. The molecule has 0 aliphatic carbocycles. The highest BCUT2D eigenvalue weighted by atomic mass is 19.1. The maximum atomic E-state index is 15.6. The third-order valence-electron chi connectivity index (χ3n) is 7.26. The van der Waals surface area contributed by atoms with Gasteiger partial charge in [0.1, 0.15) is 17.2 Å². The molecule has 0 spiro atoms. The summed E-state index contributed by atoms with van der Waals surface area (Å²) >= 11 is 0. The van der Waals surface area contributed by atoms with Crippen LogP contribution in [0.3, 0.4) is 0 Å². The lowest BCUT2D eigenvalue weighted by atomic mass is 9.85. The average Bonchev–Trinajstić information content (AvgIpc) is 2.92. The minimum absolute atomic E-state index is 0.158. The Morgan fingerprint density at radius 2 is 1.74 bits per heavy atom. The van der Waals surface area contributed by atoms with Crippen molar-refractivity contribution in [2.24, 2.45) is 0 Å². The summed E-state index contributed by atoms with van der Waals surface area (Å²) in [6.07, 6.45) is 2.99. The summed E-state index contributed by atoms with van der Waals surface area (Å²) < 4.78 is 21.0. The maximum Gasteiger partial charge on any atom is 0.257 e. The van der Waals surface area contributed by atoms with E-state index >= 15 is 4.39 Å². The van der Waals surface area contributed by atoms with Crippen LogP contribution in [-0.2, 0) is 5.67 Å². The number of alkyl halides is 1. The molecule has 3 aromatic rings. The van der Waals surface area contributed by atoms with Crippen LogP contribution in [-0.4, -0.2) is 55.0 Å². The highest BCUT2D eigenvalue weighted by Crippen LogP contribution is 2.37. The van der Waals surface area contributed by atoms with Crippen LogP contribution in [0.4, 0.5) is 15.9 Å². The Balaban J connectivity index is 1.26. The molecule has 5 rings (SSSR count). The summed E-state index contributed by atoms with van der Waals surface area (Å²) in [5, 5.41) is 11.8. The van der Waals surface area contributed by atoms with E-state index in [0.29, 0.717) is 33.7 Å². The molecule has 1 N–H and O–H groups in total. The van der Waals surface area contributed by atoms with E-state index in [1.807, 2.05) is 12.1 Å². The maximum absolute atomic E-state index is 15.6. The van der Waals surface area contributed by atoms with Crippen LogP contribution in [0.5, 0.6) is 5.75 Å². The van der Waals surface area contributed by atoms with Gasteiger partial charge in [0.15, 0.2) is 0 Å². The van der Waals surface area contributed by atoms with Crippen LogP contribution in [0, 0.1) is 11.3 Å². The van der Waals surface area contributed by atoms with Crippen LogP contribution < -0.4 is 15.0 Å². The van der Waals surface area contributed by atoms with E-state index in [4.69, 9.17) is 10.00 Å². The molecule has 0 atom stereocenters. The van der Waals surface area contributed by atoms with Crippen molar-refractivity contribution in [2.75, 3.05) is 43.5 Å². The standard InChI is InChI=1S/C29H28FN5O3/c1-38-25-9-5-21(17-24(25)33-27(36)22-6-10-26(32-19-22)34-13-2-14-34)28(37)35-15-11-29(30,12-16-35)23-7-3-20(18-31)4-8-23/h3-10,17,19H,2,11-16H2,1H3,(H,33,36). The number of hydrogen-bond donors (Lipinski definition) is 1. The number of aromatic nitrogens is 1. The minimum atomic E-state index is -1.55. The summed E-state index contributed by atoms with van der Waals surface area (Å²) in [6, 6.07) is 16.9. The molecule has 3 heterocycles. The number of pyridine rings is 1. The Hall–Kier alpha value is -4.45. The summed E-state index contributed by atoms with van der Waals surface area (Å²) in [7, 11) is 1.49. The van der Waals surface area contributed by atoms with E-state index in [0.717, 1.165) is 25.3 Å². The minimum Gasteiger partial charge on any atom is -0.495 e. The normalized spacial score (nSPS) is 16.2. The number of ether oxygens (including phenoxy) is 1. The van der Waals surface area contributed by atoms with Crippen molar-refractivity contribution in [1.82, 2.24) is 9.88 Å². The number of piperidine rings is 1. The van der Waals surface area contributed by atoms with Crippen LogP contribution in [0.25, 0.3) is 0 Å². The van der Waals surface area contributed by atoms with Crippen molar-refractivity contribution < 1.29 is 18.7 Å². The van der Waals surface area contributed by atoms with Crippen molar-refractivity contribution in [2.45, 2.75) is 24.9 Å². The number of nitrogens with one attached hydrogen (secondary N) is 1. The number of likely N-dealkylation sites (tertiary alicyclic amines) is 1. The fourth-order valence-electron chi connectivity index (χ4n) is 4.76. The number of rotatable bonds is 6. The summed E-state index contributed by atoms with van der Waals surface area (Å²) in [5.41, 5.74) is 0.578. The predicted molar refractivity (Wildman–Crippen MR) is 141 cm³/mol. The van der Waals surface area contributed by atoms with Crippen LogP contribution in [0.2, 0.25) is 0 Å². The number of nitrogens with zero attached hydrogens (tertiary/aromatic N) is 4. The third kappa shape index (κ3) is 5.02. The molecule has 2 aliphatic heterocycles. The number of halogens is 1. The lowest BCUT2D eigenvalue weighted by Gasteiger charge is -2.36. The van der Waals surface area contributed by atoms with Crippen molar-refractivity contribution in [3.8, 4) is 11.8 Å². The Labute approximate surface area is 220 Å². The summed E-state index contributed by atoms with van der Waals surface area (Å²) in [4.78, 5) is 34.3. The number of carbonyl (C=O) groups excluding carboxylic acids is 2. The molecular formula is C29H28FN5O3. The average molecular weight is 514 g/mol. The molecule has 0 bridgehead atoms. The smallest absolute Gasteiger partial charge is 0.257 e. The Kier molecular flexibility index (Phi) is 6.97. The number of anilines is 2. The SMILES string of the molecule is COc1ccc(C(=O)N2CCC(F)(c3ccc(C#N)cc3)CC2)cc1NC(=O)c1ccc(N2CCC2)nc1. The van der Waals surface area contributed by atoms with Crippen molar-refractivity contribution in [3.63, 3.8) is 0 Å². The van der Waals surface area contributed by atoms with Crippen LogP contribution in [0.1, 0.15) is 51.1 Å². The van der Waals surface area contributed by atoms with E-state index in [9.17, 15) is 9.59 Å². The number of amides is 2. The van der Waals surface area contributed by atoms with E-state index in [2.05, 4.69) is 15.2 Å². The molecule has 1 aromatic heterocycles. The topological polar surface area (TPSA) is 98.6 Å². The van der Waals surface area contributed by atoms with Gasteiger partial charge in [-0.05, 0) is 54.4 Å². The van der Waals surface area contributed by atoms with E-state index in [1.165, 1.54) is 13.3 Å². The molecule has 2 fully saturated rings. The number of hydrogen-bond acceptors (Lipinski definition) is 6. The third-order valence-corrected chi connectivity index (χ3v) is 7.26. The zero-order valence-corrected chi connectivity index (χ0v) is 21.1. The van der Waals surface area contributed by atoms with Crippen molar-refractivity contribution >= 4 is 23.3 Å². The van der Waals surface area contributed by atoms with Crippen LogP contribution in [0.15, 0.2) is 60.8 Å². The molecule has 9 heteroatoms. The van der Waals surface area contributed by atoms with Gasteiger partial charge in [-0.1, -0.05) is 12.1 Å². The monoisotopic (exact) mass is 513 g/mol. The number of nitriles is 1. The van der Waals surface area contributed by atoms with E-state index in [1.54, 1.807) is 53.4 Å². The zero-order valence-electron chi connectivity index (χ0n) is 21.1. The first-order valence-electron chi connectivity index (χ1n) is 12.6. The summed E-state index contributed by atoms with van der Waals surface area (Å²) in [6.45, 7) is 2.43. The van der Waals surface area contributed by atoms with E-state index < -0.39 is 5.67 Å². The molecule has 0 radical (unpaired) electrons. The van der Waals surface area contributed by atoms with Crippen molar-refractivity contribution in [3.05, 3.63) is 83.0 Å². The van der Waals surface area contributed by atoms with Gasteiger partial charge < -0.3 is 19.9 Å². The quantitative estimate of drug-likeness (QED) is 0.520. The molecule has 2 amide bonds. The van der Waals surface area contributed by atoms with Crippen molar-refractivity contribution in [1.29, 1.82) is 5.26 Å². The van der Waals surface area contributed by atoms with Crippen LogP contribution >= 0.6 is 0 Å².